The summed E-state index contributed by atoms with van der Waals surface area (Å²) in [6.45, 7) is 0.872. The molecule has 0 heterocycles. The predicted molar refractivity (Wildman–Crippen MR) is 94.3 cm³/mol. The molecule has 0 unspecified atom stereocenters. The Bertz CT molecular complexity index is 905. The number of aliphatic carboxylic acids is 1. The number of hydrogen-bond acceptors (Lipinski definition) is 3. The van der Waals surface area contributed by atoms with E-state index < -0.39 is 47.5 Å². The lowest BCUT2D eigenvalue weighted by molar-refractivity contribution is -0.144. The first kappa shape index (κ1) is 23.4. The summed E-state index contributed by atoms with van der Waals surface area (Å²) >= 11 is 0. The first-order chi connectivity index (χ1) is 13.8. The molecule has 1 N–H and O–H groups in total. The maximum absolute atomic E-state index is 13.2. The Balaban J connectivity index is 2.27. The highest BCUT2D eigenvalue weighted by Gasteiger charge is 2.38. The lowest BCUT2D eigenvalue weighted by Crippen LogP contribution is -2.14. The molecule has 0 aliphatic rings. The third-order valence-electron chi connectivity index (χ3n) is 4.32. The Morgan fingerprint density at radius 1 is 1.00 bits per heavy atom. The van der Waals surface area contributed by atoms with Gasteiger partial charge in [0.15, 0.2) is 11.5 Å². The van der Waals surface area contributed by atoms with Crippen molar-refractivity contribution in [3.8, 4) is 11.5 Å². The number of methoxy groups -OCH3 is 1. The largest absolute Gasteiger partial charge is 0.493 e. The number of carboxylic acid groups (broad SMARTS) is 1. The summed E-state index contributed by atoms with van der Waals surface area (Å²) in [6, 6.07) is 5.76. The minimum atomic E-state index is -5.00. The van der Waals surface area contributed by atoms with Crippen LogP contribution in [0, 0.1) is 5.92 Å². The molecule has 0 saturated heterocycles. The van der Waals surface area contributed by atoms with E-state index in [0.717, 1.165) is 6.07 Å². The SMILES string of the molecule is COc1cc(C[C@@H](C)C(=O)O)ccc1OCc1ccc(C(F)(F)F)cc1C(F)(F)F. The van der Waals surface area contributed by atoms with Gasteiger partial charge in [0, 0.05) is 5.56 Å². The van der Waals surface area contributed by atoms with Crippen molar-refractivity contribution in [3.63, 3.8) is 0 Å². The zero-order chi connectivity index (χ0) is 22.7. The van der Waals surface area contributed by atoms with Gasteiger partial charge in [-0.05, 0) is 36.2 Å². The fraction of sp³-hybridized carbons (Fsp3) is 0.350. The fourth-order valence-electron chi connectivity index (χ4n) is 2.70. The van der Waals surface area contributed by atoms with Gasteiger partial charge in [0.1, 0.15) is 6.61 Å². The Labute approximate surface area is 168 Å². The van der Waals surface area contributed by atoms with Crippen LogP contribution in [0.4, 0.5) is 26.3 Å². The number of carbonyl (C=O) groups is 1. The molecule has 10 heteroatoms. The van der Waals surface area contributed by atoms with E-state index in [1.165, 1.54) is 32.2 Å². The fourth-order valence-corrected chi connectivity index (χ4v) is 2.70. The first-order valence-electron chi connectivity index (χ1n) is 8.62. The van der Waals surface area contributed by atoms with Crippen LogP contribution < -0.4 is 9.47 Å². The van der Waals surface area contributed by atoms with E-state index in [2.05, 4.69) is 0 Å². The van der Waals surface area contributed by atoms with Crippen LogP contribution in [0.15, 0.2) is 36.4 Å². The summed E-state index contributed by atoms with van der Waals surface area (Å²) in [7, 11) is 1.30. The van der Waals surface area contributed by atoms with E-state index in [0.29, 0.717) is 11.6 Å². The normalized spacial score (nSPS) is 13.1. The summed E-state index contributed by atoms with van der Waals surface area (Å²) in [5.74, 6) is -1.43. The molecule has 2 aromatic carbocycles. The van der Waals surface area contributed by atoms with E-state index in [1.807, 2.05) is 0 Å². The Hall–Kier alpha value is -2.91. The number of rotatable bonds is 7. The van der Waals surface area contributed by atoms with E-state index in [1.54, 1.807) is 0 Å². The molecular weight excluding hydrogens is 418 g/mol. The van der Waals surface area contributed by atoms with Gasteiger partial charge < -0.3 is 14.6 Å². The molecule has 4 nitrogen and oxygen atoms in total. The number of halogens is 6. The smallest absolute Gasteiger partial charge is 0.416 e. The quantitative estimate of drug-likeness (QED) is 0.577. The number of benzene rings is 2. The minimum Gasteiger partial charge on any atom is -0.493 e. The van der Waals surface area contributed by atoms with Gasteiger partial charge in [-0.15, -0.1) is 0 Å². The van der Waals surface area contributed by atoms with Crippen LogP contribution in [0.5, 0.6) is 11.5 Å². The first-order valence-corrected chi connectivity index (χ1v) is 8.62. The lowest BCUT2D eigenvalue weighted by atomic mass is 10.0. The van der Waals surface area contributed by atoms with Crippen molar-refractivity contribution >= 4 is 5.97 Å². The Morgan fingerprint density at radius 3 is 2.20 bits per heavy atom. The average molecular weight is 436 g/mol. The number of ether oxygens (including phenoxy) is 2. The highest BCUT2D eigenvalue weighted by molar-refractivity contribution is 5.70. The molecule has 0 aliphatic carbocycles. The van der Waals surface area contributed by atoms with E-state index >= 15 is 0 Å². The zero-order valence-corrected chi connectivity index (χ0v) is 15.9. The number of carboxylic acids is 1. The van der Waals surface area contributed by atoms with Crippen molar-refractivity contribution in [1.82, 2.24) is 0 Å². The van der Waals surface area contributed by atoms with E-state index in [9.17, 15) is 31.1 Å². The van der Waals surface area contributed by atoms with Gasteiger partial charge >= 0.3 is 18.3 Å². The number of hydrogen-bond donors (Lipinski definition) is 1. The second-order valence-electron chi connectivity index (χ2n) is 6.58. The number of alkyl halides is 6. The molecular formula is C20H18F6O4. The van der Waals surface area contributed by atoms with Crippen molar-refractivity contribution in [1.29, 1.82) is 0 Å². The molecule has 2 aromatic rings. The third-order valence-corrected chi connectivity index (χ3v) is 4.32. The molecule has 1 atom stereocenters. The second kappa shape index (κ2) is 8.85. The summed E-state index contributed by atoms with van der Waals surface area (Å²) in [6.07, 6.45) is -9.71. The van der Waals surface area contributed by atoms with Crippen molar-refractivity contribution in [2.75, 3.05) is 7.11 Å². The molecule has 0 amide bonds. The van der Waals surface area contributed by atoms with Gasteiger partial charge in [0.25, 0.3) is 0 Å². The summed E-state index contributed by atoms with van der Waals surface area (Å²) < 4.78 is 88.5. The minimum absolute atomic E-state index is 0.0479. The maximum atomic E-state index is 13.2. The molecule has 0 radical (unpaired) electrons. The van der Waals surface area contributed by atoms with Crippen LogP contribution in [-0.4, -0.2) is 18.2 Å². The third kappa shape index (κ3) is 5.80. The average Bonchev–Trinajstić information content (AvgIpc) is 2.65. The van der Waals surface area contributed by atoms with E-state index in [-0.39, 0.29) is 24.0 Å². The highest BCUT2D eigenvalue weighted by atomic mass is 19.4. The van der Waals surface area contributed by atoms with Crippen molar-refractivity contribution < 1.29 is 45.7 Å². The molecule has 0 aromatic heterocycles. The topological polar surface area (TPSA) is 55.8 Å². The molecule has 164 valence electrons. The van der Waals surface area contributed by atoms with Crippen LogP contribution in [0.25, 0.3) is 0 Å². The molecule has 30 heavy (non-hydrogen) atoms. The van der Waals surface area contributed by atoms with Gasteiger partial charge in [-0.25, -0.2) is 0 Å². The molecule has 0 bridgehead atoms. The van der Waals surface area contributed by atoms with Gasteiger partial charge in [-0.3, -0.25) is 4.79 Å². The maximum Gasteiger partial charge on any atom is 0.416 e. The van der Waals surface area contributed by atoms with Gasteiger partial charge in [-0.1, -0.05) is 19.1 Å². The molecule has 0 fully saturated rings. The standard InChI is InChI=1S/C20H18F6O4/c1-11(18(27)28)7-12-3-6-16(17(8-12)29-2)30-10-13-4-5-14(19(21,22)23)9-15(13)20(24,25)26/h3-6,8-9,11H,7,10H2,1-2H3,(H,27,28)/t11-/m1/s1. The lowest BCUT2D eigenvalue weighted by Gasteiger charge is -2.17. The van der Waals surface area contributed by atoms with Gasteiger partial charge in [0.2, 0.25) is 0 Å². The highest BCUT2D eigenvalue weighted by Crippen LogP contribution is 2.38. The van der Waals surface area contributed by atoms with E-state index in [4.69, 9.17) is 14.6 Å². The van der Waals surface area contributed by atoms with Crippen LogP contribution in [0.1, 0.15) is 29.2 Å². The summed E-state index contributed by atoms with van der Waals surface area (Å²) in [4.78, 5) is 11.0. The Morgan fingerprint density at radius 2 is 1.67 bits per heavy atom. The summed E-state index contributed by atoms with van der Waals surface area (Å²) in [5, 5.41) is 8.98. The zero-order valence-electron chi connectivity index (χ0n) is 15.9. The van der Waals surface area contributed by atoms with Gasteiger partial charge in [-0.2, -0.15) is 26.3 Å². The summed E-state index contributed by atoms with van der Waals surface area (Å²) in [5.41, 5.74) is -2.71. The van der Waals surface area contributed by atoms with Crippen molar-refractivity contribution in [3.05, 3.63) is 58.7 Å². The van der Waals surface area contributed by atoms with Crippen molar-refractivity contribution in [2.24, 2.45) is 5.92 Å². The second-order valence-corrected chi connectivity index (χ2v) is 6.58. The molecule has 0 saturated carbocycles. The van der Waals surface area contributed by atoms with Crippen LogP contribution >= 0.6 is 0 Å². The molecule has 2 rings (SSSR count). The molecule has 0 aliphatic heterocycles. The van der Waals surface area contributed by atoms with Crippen LogP contribution in [-0.2, 0) is 30.2 Å². The monoisotopic (exact) mass is 436 g/mol. The van der Waals surface area contributed by atoms with Gasteiger partial charge in [0.05, 0.1) is 24.2 Å². The molecule has 0 spiro atoms. The predicted octanol–water partition coefficient (Wildman–Crippen LogP) is 5.58. The Kier molecular flexibility index (Phi) is 6.89. The van der Waals surface area contributed by atoms with Crippen molar-refractivity contribution in [2.45, 2.75) is 32.3 Å². The van der Waals surface area contributed by atoms with Crippen LogP contribution in [0.3, 0.4) is 0 Å². The van der Waals surface area contributed by atoms with Crippen LogP contribution in [0.2, 0.25) is 0 Å².